The Bertz CT molecular complexity index is 1070. The number of carbonyl (C=O) groups excluding carboxylic acids is 1. The van der Waals surface area contributed by atoms with Gasteiger partial charge in [-0.15, -0.1) is 0 Å². The number of nitrogens with zero attached hydrogens (tertiary/aromatic N) is 3. The molecule has 0 aromatic carbocycles. The van der Waals surface area contributed by atoms with Crippen LogP contribution in [0.15, 0.2) is 18.3 Å². The van der Waals surface area contributed by atoms with E-state index in [1.54, 1.807) is 6.20 Å². The van der Waals surface area contributed by atoms with E-state index < -0.39 is 28.4 Å². The third-order valence-electron chi connectivity index (χ3n) is 6.68. The minimum atomic E-state index is -4.58. The summed E-state index contributed by atoms with van der Waals surface area (Å²) in [6, 6.07) is 1.99. The lowest BCUT2D eigenvalue weighted by molar-refractivity contribution is -0.200. The van der Waals surface area contributed by atoms with Gasteiger partial charge in [0.15, 0.2) is 6.10 Å². The van der Waals surface area contributed by atoms with Crippen molar-refractivity contribution in [3.63, 3.8) is 0 Å². The van der Waals surface area contributed by atoms with Crippen LogP contribution in [0.1, 0.15) is 37.4 Å². The van der Waals surface area contributed by atoms with Crippen LogP contribution in [0.5, 0.6) is 5.75 Å². The number of pyridine rings is 1. The fourth-order valence-corrected chi connectivity index (χ4v) is 5.31. The number of hydrogen-bond donors (Lipinski definition) is 0. The number of rotatable bonds is 4. The second kappa shape index (κ2) is 9.37. The molecule has 1 aromatic heterocycles. The predicted molar refractivity (Wildman–Crippen MR) is 118 cm³/mol. The molecule has 12 heteroatoms. The first-order valence-electron chi connectivity index (χ1n) is 11.2. The first-order chi connectivity index (χ1) is 15.9. The molecule has 4 heterocycles. The average molecular weight is 504 g/mol. The number of amides is 1. The summed E-state index contributed by atoms with van der Waals surface area (Å²) in [5.41, 5.74) is 2.85. The maximum absolute atomic E-state index is 12.6. The normalized spacial score (nSPS) is 23.1. The summed E-state index contributed by atoms with van der Waals surface area (Å²) < 4.78 is 73.4. The van der Waals surface area contributed by atoms with Gasteiger partial charge in [0.1, 0.15) is 11.9 Å². The van der Waals surface area contributed by atoms with E-state index in [0.29, 0.717) is 57.6 Å². The lowest BCUT2D eigenvalue weighted by Gasteiger charge is -2.34. The fourth-order valence-electron chi connectivity index (χ4n) is 4.54. The molecular formula is C22H28F3N3O5S. The number of fused-ring (bicyclic) bond motifs is 1. The van der Waals surface area contributed by atoms with E-state index in [1.165, 1.54) is 15.5 Å². The largest absolute Gasteiger partial charge is 0.488 e. The van der Waals surface area contributed by atoms with Crippen LogP contribution in [0.3, 0.4) is 0 Å². The van der Waals surface area contributed by atoms with Crippen molar-refractivity contribution in [1.82, 2.24) is 14.2 Å². The molecule has 0 N–H and O–H groups in total. The van der Waals surface area contributed by atoms with E-state index in [2.05, 4.69) is 9.72 Å². The van der Waals surface area contributed by atoms with Crippen LogP contribution in [0.4, 0.5) is 18.0 Å². The molecule has 1 amide bonds. The maximum Gasteiger partial charge on any atom is 0.425 e. The molecule has 0 radical (unpaired) electrons. The molecule has 1 saturated heterocycles. The highest BCUT2D eigenvalue weighted by atomic mass is 32.2. The third-order valence-corrected chi connectivity index (χ3v) is 7.95. The highest BCUT2D eigenvalue weighted by Gasteiger charge is 2.41. The molecule has 2 atom stereocenters. The molecule has 34 heavy (non-hydrogen) atoms. The fraction of sp³-hybridized carbons (Fsp3) is 0.636. The van der Waals surface area contributed by atoms with Crippen LogP contribution in [0, 0.1) is 5.92 Å². The summed E-state index contributed by atoms with van der Waals surface area (Å²) in [5.74, 6) is 0.876. The Labute approximate surface area is 196 Å². The van der Waals surface area contributed by atoms with Crippen LogP contribution in [-0.2, 0) is 21.2 Å². The average Bonchev–Trinajstić information content (AvgIpc) is 3.21. The van der Waals surface area contributed by atoms with Crippen LogP contribution >= 0.6 is 0 Å². The predicted octanol–water partition coefficient (Wildman–Crippen LogP) is 3.23. The first kappa shape index (κ1) is 24.8. The Balaban J connectivity index is 1.32. The summed E-state index contributed by atoms with van der Waals surface area (Å²) in [6.45, 7) is 2.21. The maximum atomic E-state index is 12.6. The number of hydrogen-bond acceptors (Lipinski definition) is 6. The standard InChI is InChI=1S/C22H28F3N3O5S/c1-14(22(23,24)25)32-21(29)27-7-3-16(4-8-27)19-12-17-11-18(26-13-20(17)33-19)15-5-9-28(10-6-15)34(2,30)31/h5,11,13-14,16,19H,3-4,6-10,12H2,1-2H3/t14-,19+/m0/s1. The smallest absolute Gasteiger partial charge is 0.425 e. The van der Waals surface area contributed by atoms with E-state index in [9.17, 15) is 26.4 Å². The quantitative estimate of drug-likeness (QED) is 0.627. The molecule has 4 rings (SSSR count). The lowest BCUT2D eigenvalue weighted by atomic mass is 9.89. The number of halogens is 3. The lowest BCUT2D eigenvalue weighted by Crippen LogP contribution is -2.44. The molecule has 3 aliphatic heterocycles. The number of piperidine rings is 1. The Hall–Kier alpha value is -2.34. The third kappa shape index (κ3) is 5.48. The number of likely N-dealkylation sites (tertiary alicyclic amines) is 1. The van der Waals surface area contributed by atoms with Crippen molar-refractivity contribution in [2.24, 2.45) is 5.92 Å². The zero-order valence-corrected chi connectivity index (χ0v) is 19.9. The van der Waals surface area contributed by atoms with Crippen molar-refractivity contribution < 1.29 is 35.9 Å². The molecule has 0 aliphatic carbocycles. The van der Waals surface area contributed by atoms with Gasteiger partial charge in [-0.25, -0.2) is 13.2 Å². The van der Waals surface area contributed by atoms with Gasteiger partial charge >= 0.3 is 12.3 Å². The van der Waals surface area contributed by atoms with Gasteiger partial charge in [0.05, 0.1) is 18.1 Å². The first-order valence-corrected chi connectivity index (χ1v) is 13.1. The Kier molecular flexibility index (Phi) is 6.83. The van der Waals surface area contributed by atoms with Crippen molar-refractivity contribution in [1.29, 1.82) is 0 Å². The highest BCUT2D eigenvalue weighted by molar-refractivity contribution is 7.88. The molecule has 8 nitrogen and oxygen atoms in total. The zero-order chi connectivity index (χ0) is 24.7. The van der Waals surface area contributed by atoms with Crippen LogP contribution in [-0.4, -0.2) is 79.5 Å². The molecular weight excluding hydrogens is 475 g/mol. The Morgan fingerprint density at radius 3 is 2.56 bits per heavy atom. The molecule has 0 bridgehead atoms. The number of carbonyl (C=O) groups is 1. The van der Waals surface area contributed by atoms with Gasteiger partial charge in [0.2, 0.25) is 10.0 Å². The summed E-state index contributed by atoms with van der Waals surface area (Å²) in [4.78, 5) is 17.9. The highest BCUT2D eigenvalue weighted by Crippen LogP contribution is 2.37. The number of aromatic nitrogens is 1. The van der Waals surface area contributed by atoms with E-state index in [1.807, 2.05) is 12.1 Å². The van der Waals surface area contributed by atoms with Gasteiger partial charge in [-0.05, 0) is 43.7 Å². The molecule has 0 saturated carbocycles. The van der Waals surface area contributed by atoms with E-state index in [4.69, 9.17) is 4.74 Å². The second-order valence-electron chi connectivity index (χ2n) is 9.03. The number of ether oxygens (including phenoxy) is 2. The summed E-state index contributed by atoms with van der Waals surface area (Å²) in [7, 11) is -3.22. The van der Waals surface area contributed by atoms with Gasteiger partial charge in [-0.1, -0.05) is 6.08 Å². The minimum Gasteiger partial charge on any atom is -0.488 e. The van der Waals surface area contributed by atoms with E-state index in [-0.39, 0.29) is 12.0 Å². The van der Waals surface area contributed by atoms with Gasteiger partial charge in [-0.3, -0.25) is 4.98 Å². The monoisotopic (exact) mass is 503 g/mol. The van der Waals surface area contributed by atoms with Crippen molar-refractivity contribution >= 4 is 21.7 Å². The molecule has 0 unspecified atom stereocenters. The van der Waals surface area contributed by atoms with Gasteiger partial charge in [0, 0.05) is 38.2 Å². The van der Waals surface area contributed by atoms with Crippen molar-refractivity contribution in [3.05, 3.63) is 29.6 Å². The van der Waals surface area contributed by atoms with E-state index >= 15 is 0 Å². The van der Waals surface area contributed by atoms with Crippen molar-refractivity contribution in [2.75, 3.05) is 32.4 Å². The number of alkyl halides is 3. The van der Waals surface area contributed by atoms with Crippen molar-refractivity contribution in [2.45, 2.75) is 51.0 Å². The SMILES string of the molecule is C[C@H](OC(=O)N1CCC([C@H]2Cc3cc(C4=CCN(S(C)(=O)=O)CC4)ncc3O2)CC1)C(F)(F)F. The summed E-state index contributed by atoms with van der Waals surface area (Å²) >= 11 is 0. The second-order valence-corrected chi connectivity index (χ2v) is 11.0. The Morgan fingerprint density at radius 1 is 1.26 bits per heavy atom. The molecule has 1 aromatic rings. The molecule has 1 fully saturated rings. The van der Waals surface area contributed by atoms with Gasteiger partial charge in [-0.2, -0.15) is 17.5 Å². The van der Waals surface area contributed by atoms with E-state index in [0.717, 1.165) is 23.8 Å². The zero-order valence-electron chi connectivity index (χ0n) is 19.0. The van der Waals surface area contributed by atoms with Crippen LogP contribution in [0.2, 0.25) is 0 Å². The topological polar surface area (TPSA) is 89.0 Å². The van der Waals surface area contributed by atoms with Gasteiger partial charge < -0.3 is 14.4 Å². The molecule has 3 aliphatic rings. The van der Waals surface area contributed by atoms with Crippen molar-refractivity contribution in [3.8, 4) is 5.75 Å². The number of sulfonamides is 1. The summed E-state index contributed by atoms with van der Waals surface area (Å²) in [5, 5.41) is 0. The van der Waals surface area contributed by atoms with Gasteiger partial charge in [0.25, 0.3) is 0 Å². The molecule has 188 valence electrons. The van der Waals surface area contributed by atoms with Crippen LogP contribution in [0.25, 0.3) is 5.57 Å². The Morgan fingerprint density at radius 2 is 1.97 bits per heavy atom. The summed E-state index contributed by atoms with van der Waals surface area (Å²) in [6.07, 6.45) is -0.455. The molecule has 0 spiro atoms. The minimum absolute atomic E-state index is 0.0830. The van der Waals surface area contributed by atoms with Crippen LogP contribution < -0.4 is 4.74 Å².